The zero-order chi connectivity index (χ0) is 13.8. The standard InChI is InChI=1S/C14H18N4O2/c19-14-12-3-1-4-15-13(12)16-11-18(14)6-2-5-17-7-9-20-10-8-17/h1,3-4,11H,2,5-10H2. The Morgan fingerprint density at radius 1 is 1.20 bits per heavy atom. The molecule has 3 heterocycles. The Morgan fingerprint density at radius 3 is 2.90 bits per heavy atom. The van der Waals surface area contributed by atoms with E-state index in [-0.39, 0.29) is 5.56 Å². The predicted octanol–water partition coefficient (Wildman–Crippen LogP) is 0.514. The quantitative estimate of drug-likeness (QED) is 0.813. The molecule has 0 amide bonds. The Morgan fingerprint density at radius 2 is 2.05 bits per heavy atom. The van der Waals surface area contributed by atoms with Crippen LogP contribution in [-0.4, -0.2) is 52.3 Å². The molecule has 0 unspecified atom stereocenters. The molecule has 1 saturated heterocycles. The van der Waals surface area contributed by atoms with Crippen molar-refractivity contribution in [2.24, 2.45) is 0 Å². The topological polar surface area (TPSA) is 60.2 Å². The van der Waals surface area contributed by atoms with E-state index in [1.807, 2.05) is 0 Å². The van der Waals surface area contributed by atoms with E-state index in [4.69, 9.17) is 4.74 Å². The minimum Gasteiger partial charge on any atom is -0.379 e. The molecule has 0 radical (unpaired) electrons. The van der Waals surface area contributed by atoms with E-state index in [1.54, 1.807) is 29.2 Å². The summed E-state index contributed by atoms with van der Waals surface area (Å²) in [7, 11) is 0. The molecule has 106 valence electrons. The van der Waals surface area contributed by atoms with Crippen LogP contribution in [0, 0.1) is 0 Å². The van der Waals surface area contributed by atoms with Crippen LogP contribution in [0.2, 0.25) is 0 Å². The number of rotatable bonds is 4. The molecule has 2 aromatic rings. The summed E-state index contributed by atoms with van der Waals surface area (Å²) in [5.74, 6) is 0. The Bertz CT molecular complexity index is 634. The number of hydrogen-bond donors (Lipinski definition) is 0. The van der Waals surface area contributed by atoms with Gasteiger partial charge in [-0.3, -0.25) is 14.3 Å². The van der Waals surface area contributed by atoms with Crippen LogP contribution in [0.5, 0.6) is 0 Å². The van der Waals surface area contributed by atoms with E-state index >= 15 is 0 Å². The van der Waals surface area contributed by atoms with Gasteiger partial charge in [-0.15, -0.1) is 0 Å². The van der Waals surface area contributed by atoms with E-state index in [0.717, 1.165) is 39.3 Å². The molecule has 2 aromatic heterocycles. The highest BCUT2D eigenvalue weighted by molar-refractivity contribution is 5.72. The van der Waals surface area contributed by atoms with Crippen LogP contribution in [0.4, 0.5) is 0 Å². The Hall–Kier alpha value is -1.79. The van der Waals surface area contributed by atoms with Crippen LogP contribution >= 0.6 is 0 Å². The number of nitrogens with zero attached hydrogens (tertiary/aromatic N) is 4. The molecule has 1 aliphatic rings. The average Bonchev–Trinajstić information content (AvgIpc) is 2.51. The Kier molecular flexibility index (Phi) is 4.03. The van der Waals surface area contributed by atoms with Crippen molar-refractivity contribution in [1.29, 1.82) is 0 Å². The molecule has 20 heavy (non-hydrogen) atoms. The molecule has 0 spiro atoms. The molecular formula is C14H18N4O2. The maximum atomic E-state index is 12.3. The van der Waals surface area contributed by atoms with Gasteiger partial charge >= 0.3 is 0 Å². The first kappa shape index (κ1) is 13.2. The first-order valence-electron chi connectivity index (χ1n) is 6.95. The highest BCUT2D eigenvalue weighted by atomic mass is 16.5. The van der Waals surface area contributed by atoms with Crippen molar-refractivity contribution < 1.29 is 4.74 Å². The van der Waals surface area contributed by atoms with Gasteiger partial charge < -0.3 is 4.74 Å². The van der Waals surface area contributed by atoms with E-state index < -0.39 is 0 Å². The van der Waals surface area contributed by atoms with Crippen LogP contribution in [0.1, 0.15) is 6.42 Å². The molecule has 0 N–H and O–H groups in total. The predicted molar refractivity (Wildman–Crippen MR) is 75.7 cm³/mol. The van der Waals surface area contributed by atoms with Crippen LogP contribution in [0.25, 0.3) is 11.0 Å². The maximum absolute atomic E-state index is 12.3. The van der Waals surface area contributed by atoms with Crippen LogP contribution < -0.4 is 5.56 Å². The summed E-state index contributed by atoms with van der Waals surface area (Å²) in [6.45, 7) is 5.25. The summed E-state index contributed by atoms with van der Waals surface area (Å²) in [6.07, 6.45) is 4.18. The summed E-state index contributed by atoms with van der Waals surface area (Å²) in [6, 6.07) is 3.54. The molecule has 0 bridgehead atoms. The van der Waals surface area contributed by atoms with Crippen molar-refractivity contribution in [3.05, 3.63) is 35.0 Å². The largest absolute Gasteiger partial charge is 0.379 e. The third-order valence-electron chi connectivity index (χ3n) is 3.57. The van der Waals surface area contributed by atoms with E-state index in [2.05, 4.69) is 14.9 Å². The van der Waals surface area contributed by atoms with Crippen molar-refractivity contribution in [3.8, 4) is 0 Å². The highest BCUT2D eigenvalue weighted by Crippen LogP contribution is 2.02. The summed E-state index contributed by atoms with van der Waals surface area (Å²) >= 11 is 0. The Balaban J connectivity index is 1.65. The minimum atomic E-state index is -0.00919. The molecule has 0 saturated carbocycles. The van der Waals surface area contributed by atoms with Crippen molar-refractivity contribution >= 4 is 11.0 Å². The van der Waals surface area contributed by atoms with Crippen LogP contribution in [0.15, 0.2) is 29.5 Å². The fraction of sp³-hybridized carbons (Fsp3) is 0.500. The second-order valence-electron chi connectivity index (χ2n) is 4.93. The lowest BCUT2D eigenvalue weighted by molar-refractivity contribution is 0.0369. The maximum Gasteiger partial charge on any atom is 0.262 e. The number of fused-ring (bicyclic) bond motifs is 1. The molecule has 6 heteroatoms. The lowest BCUT2D eigenvalue weighted by Crippen LogP contribution is -2.37. The van der Waals surface area contributed by atoms with Gasteiger partial charge in [0.1, 0.15) is 0 Å². The highest BCUT2D eigenvalue weighted by Gasteiger charge is 2.10. The molecule has 0 aliphatic carbocycles. The molecular weight excluding hydrogens is 256 g/mol. The van der Waals surface area contributed by atoms with Crippen LogP contribution in [0.3, 0.4) is 0 Å². The minimum absolute atomic E-state index is 0.00919. The van der Waals surface area contributed by atoms with Gasteiger partial charge in [-0.1, -0.05) is 0 Å². The summed E-state index contributed by atoms with van der Waals surface area (Å²) < 4.78 is 6.99. The third-order valence-corrected chi connectivity index (χ3v) is 3.57. The fourth-order valence-corrected chi connectivity index (χ4v) is 2.45. The first-order valence-corrected chi connectivity index (χ1v) is 6.95. The van der Waals surface area contributed by atoms with Crippen molar-refractivity contribution in [3.63, 3.8) is 0 Å². The molecule has 6 nitrogen and oxygen atoms in total. The number of aryl methyl sites for hydroxylation is 1. The smallest absolute Gasteiger partial charge is 0.262 e. The summed E-state index contributed by atoms with van der Waals surface area (Å²) in [5.41, 5.74) is 0.506. The molecule has 1 aliphatic heterocycles. The van der Waals surface area contributed by atoms with Gasteiger partial charge in [0.05, 0.1) is 24.9 Å². The van der Waals surface area contributed by atoms with Crippen molar-refractivity contribution in [2.45, 2.75) is 13.0 Å². The zero-order valence-corrected chi connectivity index (χ0v) is 11.4. The Labute approximate surface area is 117 Å². The van der Waals surface area contributed by atoms with Gasteiger partial charge in [0.25, 0.3) is 5.56 Å². The second-order valence-corrected chi connectivity index (χ2v) is 4.93. The van der Waals surface area contributed by atoms with E-state index in [0.29, 0.717) is 17.6 Å². The van der Waals surface area contributed by atoms with Crippen LogP contribution in [-0.2, 0) is 11.3 Å². The summed E-state index contributed by atoms with van der Waals surface area (Å²) in [4.78, 5) is 22.9. The van der Waals surface area contributed by atoms with Gasteiger partial charge in [-0.05, 0) is 18.6 Å². The first-order chi connectivity index (χ1) is 9.84. The van der Waals surface area contributed by atoms with Gasteiger partial charge in [0.15, 0.2) is 5.65 Å². The number of ether oxygens (including phenoxy) is 1. The SMILES string of the molecule is O=c1c2cccnc2ncn1CCCN1CCOCC1. The number of hydrogen-bond acceptors (Lipinski definition) is 5. The molecule has 0 aromatic carbocycles. The van der Waals surface area contributed by atoms with E-state index in [9.17, 15) is 4.79 Å². The molecule has 0 atom stereocenters. The fourth-order valence-electron chi connectivity index (χ4n) is 2.45. The number of aromatic nitrogens is 3. The van der Waals surface area contributed by atoms with Gasteiger partial charge in [0.2, 0.25) is 0 Å². The lowest BCUT2D eigenvalue weighted by atomic mass is 10.3. The van der Waals surface area contributed by atoms with Crippen molar-refractivity contribution in [1.82, 2.24) is 19.4 Å². The zero-order valence-electron chi connectivity index (χ0n) is 11.4. The van der Waals surface area contributed by atoms with Gasteiger partial charge in [-0.25, -0.2) is 9.97 Å². The van der Waals surface area contributed by atoms with Crippen molar-refractivity contribution in [2.75, 3.05) is 32.8 Å². The summed E-state index contributed by atoms with van der Waals surface area (Å²) in [5, 5.41) is 0.585. The monoisotopic (exact) mass is 274 g/mol. The van der Waals surface area contributed by atoms with Gasteiger partial charge in [0, 0.05) is 32.4 Å². The normalized spacial score (nSPS) is 16.6. The molecule has 3 rings (SSSR count). The number of pyridine rings is 1. The average molecular weight is 274 g/mol. The van der Waals surface area contributed by atoms with E-state index in [1.165, 1.54) is 0 Å². The lowest BCUT2D eigenvalue weighted by Gasteiger charge is -2.26. The van der Waals surface area contributed by atoms with Gasteiger partial charge in [-0.2, -0.15) is 0 Å². The third kappa shape index (κ3) is 2.86. The molecule has 1 fully saturated rings. The second kappa shape index (κ2) is 6.11. The number of morpholine rings is 1.